The minimum absolute atomic E-state index is 0.317. The molecule has 0 saturated carbocycles. The van der Waals surface area contributed by atoms with Crippen LogP contribution in [-0.4, -0.2) is 22.8 Å². The Morgan fingerprint density at radius 2 is 1.66 bits per heavy atom. The van der Waals surface area contributed by atoms with Crippen LogP contribution in [0.25, 0.3) is 11.3 Å². The number of amides is 2. The maximum Gasteiger partial charge on any atom is 0.257 e. The minimum atomic E-state index is -0.995. The van der Waals surface area contributed by atoms with Crippen LogP contribution in [0.5, 0.6) is 0 Å². The molecule has 0 bridgehead atoms. The molecule has 2 aromatic carbocycles. The van der Waals surface area contributed by atoms with Gasteiger partial charge in [-0.3, -0.25) is 9.59 Å². The standard InChI is InChI=1S/C21H19F2N3O2S/c1-12(2)18(25-19(27)17-14(22)9-6-10-15(17)23)20(28)26-21-24-16(11-29-21)13-7-4-3-5-8-13/h3-12,18H,1-2H3,(H,25,27)(H,24,26,28)/t18-/m1/s1. The molecule has 150 valence electrons. The summed E-state index contributed by atoms with van der Waals surface area (Å²) in [7, 11) is 0. The molecule has 0 saturated heterocycles. The fraction of sp³-hybridized carbons (Fsp3) is 0.190. The van der Waals surface area contributed by atoms with E-state index in [0.29, 0.717) is 10.8 Å². The third-order valence-electron chi connectivity index (χ3n) is 4.23. The van der Waals surface area contributed by atoms with E-state index in [2.05, 4.69) is 15.6 Å². The molecule has 2 amide bonds. The SMILES string of the molecule is CC(C)[C@@H](NC(=O)c1c(F)cccc1F)C(=O)Nc1nc(-c2ccccc2)cs1. The van der Waals surface area contributed by atoms with Gasteiger partial charge in [-0.15, -0.1) is 11.3 Å². The second-order valence-electron chi connectivity index (χ2n) is 6.68. The number of hydrogen-bond donors (Lipinski definition) is 2. The van der Waals surface area contributed by atoms with Crippen molar-refractivity contribution >= 4 is 28.3 Å². The van der Waals surface area contributed by atoms with E-state index in [9.17, 15) is 18.4 Å². The molecule has 0 spiro atoms. The Morgan fingerprint density at radius 1 is 1.00 bits per heavy atom. The molecule has 1 atom stereocenters. The molecule has 1 aromatic heterocycles. The highest BCUT2D eigenvalue weighted by molar-refractivity contribution is 7.14. The van der Waals surface area contributed by atoms with E-state index in [0.717, 1.165) is 17.7 Å². The van der Waals surface area contributed by atoms with Gasteiger partial charge in [-0.05, 0) is 18.1 Å². The fourth-order valence-corrected chi connectivity index (χ4v) is 3.44. The van der Waals surface area contributed by atoms with Crippen molar-refractivity contribution in [2.75, 3.05) is 5.32 Å². The number of benzene rings is 2. The Morgan fingerprint density at radius 3 is 2.28 bits per heavy atom. The molecule has 0 radical (unpaired) electrons. The van der Waals surface area contributed by atoms with Crippen molar-refractivity contribution in [1.29, 1.82) is 0 Å². The van der Waals surface area contributed by atoms with Gasteiger partial charge in [0.05, 0.1) is 5.69 Å². The van der Waals surface area contributed by atoms with E-state index in [-0.39, 0.29) is 5.92 Å². The Bertz CT molecular complexity index is 1000. The number of rotatable bonds is 6. The number of nitrogens with one attached hydrogen (secondary N) is 2. The number of halogens is 2. The molecule has 1 heterocycles. The summed E-state index contributed by atoms with van der Waals surface area (Å²) in [5.41, 5.74) is 0.906. The number of aromatic nitrogens is 1. The molecule has 0 unspecified atom stereocenters. The van der Waals surface area contributed by atoms with Crippen LogP contribution < -0.4 is 10.6 Å². The van der Waals surface area contributed by atoms with Gasteiger partial charge in [0, 0.05) is 10.9 Å². The molecule has 0 aliphatic rings. The number of nitrogens with zero attached hydrogens (tertiary/aromatic N) is 1. The zero-order chi connectivity index (χ0) is 21.0. The second-order valence-corrected chi connectivity index (χ2v) is 7.54. The van der Waals surface area contributed by atoms with Gasteiger partial charge in [0.25, 0.3) is 5.91 Å². The Hall–Kier alpha value is -3.13. The molecule has 5 nitrogen and oxygen atoms in total. The predicted octanol–water partition coefficient (Wildman–Crippen LogP) is 4.48. The average Bonchev–Trinajstić information content (AvgIpc) is 3.14. The molecule has 29 heavy (non-hydrogen) atoms. The van der Waals surface area contributed by atoms with E-state index in [4.69, 9.17) is 0 Å². The Kier molecular flexibility index (Phi) is 6.33. The maximum absolute atomic E-state index is 13.9. The number of hydrogen-bond acceptors (Lipinski definition) is 4. The molecule has 0 fully saturated rings. The second kappa shape index (κ2) is 8.91. The first-order valence-electron chi connectivity index (χ1n) is 8.93. The van der Waals surface area contributed by atoms with E-state index in [1.807, 2.05) is 35.7 Å². The largest absolute Gasteiger partial charge is 0.340 e. The molecular formula is C21H19F2N3O2S. The molecule has 3 aromatic rings. The summed E-state index contributed by atoms with van der Waals surface area (Å²) in [4.78, 5) is 29.4. The summed E-state index contributed by atoms with van der Waals surface area (Å²) >= 11 is 1.25. The average molecular weight is 415 g/mol. The van der Waals surface area contributed by atoms with Gasteiger partial charge in [0.15, 0.2) is 5.13 Å². The third-order valence-corrected chi connectivity index (χ3v) is 4.99. The molecule has 0 aliphatic carbocycles. The predicted molar refractivity (Wildman–Crippen MR) is 109 cm³/mol. The lowest BCUT2D eigenvalue weighted by Crippen LogP contribution is -2.47. The molecule has 8 heteroatoms. The van der Waals surface area contributed by atoms with E-state index >= 15 is 0 Å². The van der Waals surface area contributed by atoms with Crippen molar-refractivity contribution in [3.05, 3.63) is 71.1 Å². The smallest absolute Gasteiger partial charge is 0.257 e. The number of carbonyl (C=O) groups is 2. The van der Waals surface area contributed by atoms with Gasteiger partial charge in [-0.1, -0.05) is 50.2 Å². The number of thiazole rings is 1. The van der Waals surface area contributed by atoms with Crippen LogP contribution in [0.2, 0.25) is 0 Å². The van der Waals surface area contributed by atoms with Crippen LogP contribution in [-0.2, 0) is 4.79 Å². The third kappa shape index (κ3) is 4.83. The quantitative estimate of drug-likeness (QED) is 0.624. The van der Waals surface area contributed by atoms with Crippen molar-refractivity contribution in [2.45, 2.75) is 19.9 Å². The highest BCUT2D eigenvalue weighted by Gasteiger charge is 2.27. The van der Waals surface area contributed by atoms with Crippen molar-refractivity contribution in [2.24, 2.45) is 5.92 Å². The van der Waals surface area contributed by atoms with Gasteiger partial charge in [-0.25, -0.2) is 13.8 Å². The first-order chi connectivity index (χ1) is 13.9. The maximum atomic E-state index is 13.9. The van der Waals surface area contributed by atoms with Gasteiger partial charge < -0.3 is 10.6 Å². The number of anilines is 1. The van der Waals surface area contributed by atoms with Crippen molar-refractivity contribution in [3.8, 4) is 11.3 Å². The van der Waals surface area contributed by atoms with Crippen LogP contribution >= 0.6 is 11.3 Å². The van der Waals surface area contributed by atoms with Crippen LogP contribution in [0.4, 0.5) is 13.9 Å². The number of carbonyl (C=O) groups excluding carboxylic acids is 2. The fourth-order valence-electron chi connectivity index (χ4n) is 2.72. The molecular weight excluding hydrogens is 396 g/mol. The Balaban J connectivity index is 1.73. The Labute approximate surface area is 170 Å². The first-order valence-corrected chi connectivity index (χ1v) is 9.81. The monoisotopic (exact) mass is 415 g/mol. The van der Waals surface area contributed by atoms with Gasteiger partial charge >= 0.3 is 0 Å². The van der Waals surface area contributed by atoms with E-state index in [1.54, 1.807) is 13.8 Å². The van der Waals surface area contributed by atoms with Crippen LogP contribution in [0.15, 0.2) is 53.9 Å². The molecule has 2 N–H and O–H groups in total. The minimum Gasteiger partial charge on any atom is -0.340 e. The van der Waals surface area contributed by atoms with Gasteiger partial charge in [0.1, 0.15) is 23.2 Å². The summed E-state index contributed by atoms with van der Waals surface area (Å²) in [6, 6.07) is 11.6. The van der Waals surface area contributed by atoms with Crippen molar-refractivity contribution in [1.82, 2.24) is 10.3 Å². The lowest BCUT2D eigenvalue weighted by Gasteiger charge is -2.21. The summed E-state index contributed by atoms with van der Waals surface area (Å²) in [5, 5.41) is 7.26. The summed E-state index contributed by atoms with van der Waals surface area (Å²) in [5.74, 6) is -3.80. The van der Waals surface area contributed by atoms with Gasteiger partial charge in [-0.2, -0.15) is 0 Å². The zero-order valence-electron chi connectivity index (χ0n) is 15.8. The van der Waals surface area contributed by atoms with E-state index < -0.39 is 35.1 Å². The highest BCUT2D eigenvalue weighted by atomic mass is 32.1. The van der Waals surface area contributed by atoms with Crippen LogP contribution in [0.1, 0.15) is 24.2 Å². The lowest BCUT2D eigenvalue weighted by molar-refractivity contribution is -0.118. The van der Waals surface area contributed by atoms with E-state index in [1.165, 1.54) is 17.4 Å². The molecule has 0 aliphatic heterocycles. The normalized spacial score (nSPS) is 11.9. The van der Waals surface area contributed by atoms with Crippen molar-refractivity contribution < 1.29 is 18.4 Å². The highest BCUT2D eigenvalue weighted by Crippen LogP contribution is 2.25. The lowest BCUT2D eigenvalue weighted by atomic mass is 10.0. The van der Waals surface area contributed by atoms with Crippen molar-refractivity contribution in [3.63, 3.8) is 0 Å². The van der Waals surface area contributed by atoms with Crippen LogP contribution in [0.3, 0.4) is 0 Å². The zero-order valence-corrected chi connectivity index (χ0v) is 16.6. The van der Waals surface area contributed by atoms with Crippen LogP contribution in [0, 0.1) is 17.6 Å². The summed E-state index contributed by atoms with van der Waals surface area (Å²) in [6.45, 7) is 3.44. The summed E-state index contributed by atoms with van der Waals surface area (Å²) < 4.78 is 27.7. The topological polar surface area (TPSA) is 71.1 Å². The summed E-state index contributed by atoms with van der Waals surface area (Å²) in [6.07, 6.45) is 0. The molecule has 3 rings (SSSR count). The first kappa shape index (κ1) is 20.6. The van der Waals surface area contributed by atoms with Gasteiger partial charge in [0.2, 0.25) is 5.91 Å².